The fourth-order valence-electron chi connectivity index (χ4n) is 13.4. The number of fused-ring (bicyclic) bond motifs is 24. The molecule has 0 amide bonds. The van der Waals surface area contributed by atoms with Gasteiger partial charge in [0.05, 0.1) is 22.8 Å². The van der Waals surface area contributed by atoms with Crippen LogP contribution in [0.25, 0.3) is 43.1 Å². The Balaban J connectivity index is 0.000000146. The summed E-state index contributed by atoms with van der Waals surface area (Å²) in [6.07, 6.45) is 4.04. The van der Waals surface area contributed by atoms with Crippen LogP contribution in [0, 0.1) is 55.4 Å². The van der Waals surface area contributed by atoms with Gasteiger partial charge in [-0.2, -0.15) is 20.4 Å². The molecule has 0 spiro atoms. The number of hydrogen-bond donors (Lipinski definition) is 0. The van der Waals surface area contributed by atoms with Crippen molar-refractivity contribution in [1.82, 2.24) is 39.1 Å². The number of rotatable bonds is 4. The van der Waals surface area contributed by atoms with E-state index < -0.39 is 0 Å². The molecule has 4 aromatic heterocycles. The van der Waals surface area contributed by atoms with Crippen LogP contribution in [0.4, 0.5) is 0 Å². The molecule has 2 aliphatic carbocycles. The molecule has 12 aromatic rings. The highest BCUT2D eigenvalue weighted by Gasteiger charge is 2.37. The lowest BCUT2D eigenvalue weighted by Gasteiger charge is -2.33. The van der Waals surface area contributed by atoms with Crippen LogP contribution in [0.1, 0.15) is 114 Å². The van der Waals surface area contributed by atoms with Gasteiger partial charge < -0.3 is 0 Å². The minimum absolute atomic E-state index is 0.0886. The summed E-state index contributed by atoms with van der Waals surface area (Å²) in [5.41, 5.74) is 19.4. The molecule has 76 heavy (non-hydrogen) atoms. The van der Waals surface area contributed by atoms with Crippen molar-refractivity contribution in [3.8, 4) is 0 Å². The molecule has 8 bridgehead atoms. The average molecular weight is 993 g/mol. The van der Waals surface area contributed by atoms with Gasteiger partial charge in [-0.25, -0.2) is 0 Å². The van der Waals surface area contributed by atoms with Crippen LogP contribution in [-0.4, -0.2) is 39.1 Å². The molecule has 0 radical (unpaired) electrons. The summed E-state index contributed by atoms with van der Waals surface area (Å²) in [5.74, 6) is 0. The smallest absolute Gasteiger partial charge is 0.104 e. The van der Waals surface area contributed by atoms with E-state index in [0.717, 1.165) is 71.2 Å². The van der Waals surface area contributed by atoms with Crippen LogP contribution in [0.5, 0.6) is 0 Å². The molecule has 0 unspecified atom stereocenters. The molecule has 4 atom stereocenters. The molecule has 0 aliphatic heterocycles. The summed E-state index contributed by atoms with van der Waals surface area (Å²) in [7, 11) is 0. The van der Waals surface area contributed by atoms with E-state index in [4.69, 9.17) is 20.4 Å². The monoisotopic (exact) mass is 993 g/mol. The first-order chi connectivity index (χ1) is 37.0. The second-order valence-electron chi connectivity index (χ2n) is 21.7. The standard InChI is InChI=1S/2C34H32N4/c2*1-21-19-23(3)37(35-21)33-31-17-15-25(27-9-5-7-11-29(27)31)13-14-26-16-18-32(30-12-8-6-10-28(26)30)34(33)38-24(4)20-22(2)36-38/h2*5-12,15-20,33-34H,13-14H2,1-4H3/t2*33-,34-/m00/s1. The minimum atomic E-state index is -0.0886. The number of hydrogen-bond acceptors (Lipinski definition) is 4. The van der Waals surface area contributed by atoms with Crippen molar-refractivity contribution in [2.75, 3.05) is 0 Å². The molecule has 4 heterocycles. The quantitative estimate of drug-likeness (QED) is 0.176. The van der Waals surface area contributed by atoms with Crippen molar-refractivity contribution >= 4 is 43.1 Å². The SMILES string of the molecule is Cc1cc(C)n([C@H]2c3ccc(c4ccccc34)CCc3ccc(c4ccccc34)[C@@H]2n2nc(C)cc2C)n1.Cc1cc(C)n([C@H]2c3ccc(c4ccccc34)CCc3ccc(c4ccccc34)[C@@H]2n2nc(C)cc2C)n1. The van der Waals surface area contributed by atoms with Crippen molar-refractivity contribution < 1.29 is 0 Å². The van der Waals surface area contributed by atoms with Gasteiger partial charge in [-0.3, -0.25) is 18.7 Å². The molecule has 0 fully saturated rings. The third-order valence-electron chi connectivity index (χ3n) is 16.6. The Morgan fingerprint density at radius 3 is 0.645 bits per heavy atom. The van der Waals surface area contributed by atoms with E-state index >= 15 is 0 Å². The zero-order chi connectivity index (χ0) is 51.9. The summed E-state index contributed by atoms with van der Waals surface area (Å²) in [4.78, 5) is 0. The first kappa shape index (κ1) is 47.4. The molecular weight excluding hydrogens is 929 g/mol. The van der Waals surface area contributed by atoms with Gasteiger partial charge in [-0.1, -0.05) is 146 Å². The van der Waals surface area contributed by atoms with E-state index in [1.54, 1.807) is 0 Å². The van der Waals surface area contributed by atoms with Crippen LogP contribution in [0.15, 0.2) is 170 Å². The van der Waals surface area contributed by atoms with Crippen LogP contribution < -0.4 is 0 Å². The van der Waals surface area contributed by atoms with Gasteiger partial charge in [0.15, 0.2) is 0 Å². The van der Waals surface area contributed by atoms with E-state index in [1.165, 1.54) is 87.6 Å². The molecule has 0 saturated heterocycles. The lowest BCUT2D eigenvalue weighted by Crippen LogP contribution is -2.29. The number of nitrogens with zero attached hydrogens (tertiary/aromatic N) is 8. The lowest BCUT2D eigenvalue weighted by atomic mass is 9.83. The third kappa shape index (κ3) is 7.96. The number of aryl methyl sites for hydroxylation is 12. The van der Waals surface area contributed by atoms with Gasteiger partial charge in [0.1, 0.15) is 24.2 Å². The topological polar surface area (TPSA) is 71.3 Å². The Bertz CT molecular complexity index is 3670. The Hall–Kier alpha value is -8.36. The highest BCUT2D eigenvalue weighted by Crippen LogP contribution is 2.46. The van der Waals surface area contributed by atoms with Gasteiger partial charge in [-0.05, 0) is 193 Å². The minimum Gasteiger partial charge on any atom is -0.260 e. The summed E-state index contributed by atoms with van der Waals surface area (Å²) in [6, 6.07) is 62.9. The zero-order valence-corrected chi connectivity index (χ0v) is 44.9. The van der Waals surface area contributed by atoms with Gasteiger partial charge >= 0.3 is 0 Å². The summed E-state index contributed by atoms with van der Waals surface area (Å²) in [5, 5.41) is 31.0. The van der Waals surface area contributed by atoms with Crippen molar-refractivity contribution in [2.24, 2.45) is 0 Å². The van der Waals surface area contributed by atoms with Gasteiger partial charge in [-0.15, -0.1) is 0 Å². The van der Waals surface area contributed by atoms with E-state index in [0.29, 0.717) is 0 Å². The number of benzene rings is 8. The van der Waals surface area contributed by atoms with Crippen LogP contribution in [-0.2, 0) is 25.7 Å². The Morgan fingerprint density at radius 2 is 0.461 bits per heavy atom. The zero-order valence-electron chi connectivity index (χ0n) is 44.9. The molecule has 14 rings (SSSR count). The normalized spacial score (nSPS) is 17.3. The number of aromatic nitrogens is 8. The summed E-state index contributed by atoms with van der Waals surface area (Å²) >= 11 is 0. The van der Waals surface area contributed by atoms with Gasteiger partial charge in [0, 0.05) is 22.8 Å². The molecule has 2 aliphatic rings. The summed E-state index contributed by atoms with van der Waals surface area (Å²) < 4.78 is 8.97. The lowest BCUT2D eigenvalue weighted by molar-refractivity contribution is 0.360. The van der Waals surface area contributed by atoms with E-state index in [2.05, 4.69) is 244 Å². The first-order valence-electron chi connectivity index (χ1n) is 27.1. The molecule has 0 saturated carbocycles. The molecule has 0 N–H and O–H groups in total. The first-order valence-corrected chi connectivity index (χ1v) is 27.1. The van der Waals surface area contributed by atoms with Crippen molar-refractivity contribution in [3.05, 3.63) is 260 Å². The second-order valence-corrected chi connectivity index (χ2v) is 21.7. The van der Waals surface area contributed by atoms with E-state index in [9.17, 15) is 0 Å². The van der Waals surface area contributed by atoms with Crippen molar-refractivity contribution in [3.63, 3.8) is 0 Å². The fraction of sp³-hybridized carbons (Fsp3) is 0.235. The predicted molar refractivity (Wildman–Crippen MR) is 310 cm³/mol. The third-order valence-corrected chi connectivity index (χ3v) is 16.6. The molecule has 376 valence electrons. The molecule has 8 heteroatoms. The van der Waals surface area contributed by atoms with Crippen LogP contribution >= 0.6 is 0 Å². The largest absolute Gasteiger partial charge is 0.260 e. The average Bonchev–Trinajstić information content (AvgIpc) is 4.28. The van der Waals surface area contributed by atoms with Gasteiger partial charge in [0.2, 0.25) is 0 Å². The highest BCUT2D eigenvalue weighted by atomic mass is 15.4. The maximum atomic E-state index is 5.11. The highest BCUT2D eigenvalue weighted by molar-refractivity contribution is 5.94. The van der Waals surface area contributed by atoms with E-state index in [-0.39, 0.29) is 24.2 Å². The van der Waals surface area contributed by atoms with Crippen molar-refractivity contribution in [1.29, 1.82) is 0 Å². The maximum absolute atomic E-state index is 5.11. The molecule has 8 aromatic carbocycles. The molecular formula is C68H64N8. The van der Waals surface area contributed by atoms with Gasteiger partial charge in [0.25, 0.3) is 0 Å². The maximum Gasteiger partial charge on any atom is 0.104 e. The second kappa shape index (κ2) is 18.8. The van der Waals surface area contributed by atoms with E-state index in [1.807, 2.05) is 0 Å². The molecule has 8 nitrogen and oxygen atoms in total. The van der Waals surface area contributed by atoms with Crippen LogP contribution in [0.3, 0.4) is 0 Å². The summed E-state index contributed by atoms with van der Waals surface area (Å²) in [6.45, 7) is 17.0. The predicted octanol–water partition coefficient (Wildman–Crippen LogP) is 15.2. The fourth-order valence-corrected chi connectivity index (χ4v) is 13.4. The van der Waals surface area contributed by atoms with Crippen LogP contribution in [0.2, 0.25) is 0 Å². The Kier molecular flexibility index (Phi) is 11.7. The Morgan fingerprint density at radius 1 is 0.263 bits per heavy atom. The Labute approximate surface area is 445 Å². The van der Waals surface area contributed by atoms with Crippen molar-refractivity contribution in [2.45, 2.75) is 105 Å².